The maximum Gasteiger partial charge on any atom is 0.228 e. The van der Waals surface area contributed by atoms with Gasteiger partial charge in [-0.05, 0) is 23.8 Å². The van der Waals surface area contributed by atoms with Crippen molar-refractivity contribution >= 4 is 11.7 Å². The van der Waals surface area contributed by atoms with Crippen molar-refractivity contribution in [1.82, 2.24) is 14.9 Å². The van der Waals surface area contributed by atoms with E-state index in [1.54, 1.807) is 17.2 Å². The second kappa shape index (κ2) is 7.43. The second-order valence-corrected chi connectivity index (χ2v) is 7.30. The SMILES string of the molecule is N#Cc1ccc(CN2CCOC[C@@]3(CC(=O)N(c4ccncn4)C3)C2)cc1. The number of rotatable bonds is 3. The fourth-order valence-corrected chi connectivity index (χ4v) is 3.91. The molecule has 3 heterocycles. The normalized spacial score (nSPS) is 23.4. The molecule has 2 aliphatic heterocycles. The molecule has 27 heavy (non-hydrogen) atoms. The number of benzene rings is 1. The van der Waals surface area contributed by atoms with Crippen LogP contribution < -0.4 is 4.90 Å². The third-order valence-electron chi connectivity index (χ3n) is 5.17. The van der Waals surface area contributed by atoms with Crippen molar-refractivity contribution in [2.24, 2.45) is 5.41 Å². The lowest BCUT2D eigenvalue weighted by Gasteiger charge is -2.31. The fourth-order valence-electron chi connectivity index (χ4n) is 3.91. The highest BCUT2D eigenvalue weighted by molar-refractivity contribution is 5.95. The molecule has 1 aromatic heterocycles. The average Bonchev–Trinajstić information content (AvgIpc) is 2.89. The maximum atomic E-state index is 12.7. The Labute approximate surface area is 158 Å². The van der Waals surface area contributed by atoms with E-state index in [4.69, 9.17) is 10.00 Å². The molecule has 0 saturated carbocycles. The number of nitriles is 1. The van der Waals surface area contributed by atoms with Crippen molar-refractivity contribution in [2.45, 2.75) is 13.0 Å². The lowest BCUT2D eigenvalue weighted by molar-refractivity contribution is -0.118. The molecule has 2 aromatic rings. The summed E-state index contributed by atoms with van der Waals surface area (Å²) >= 11 is 0. The van der Waals surface area contributed by atoms with E-state index in [2.05, 4.69) is 20.9 Å². The first-order valence-corrected chi connectivity index (χ1v) is 9.03. The molecule has 138 valence electrons. The van der Waals surface area contributed by atoms with Crippen LogP contribution in [0.15, 0.2) is 42.9 Å². The number of aromatic nitrogens is 2. The molecule has 1 spiro atoms. The molecule has 0 unspecified atom stereocenters. The second-order valence-electron chi connectivity index (χ2n) is 7.30. The lowest BCUT2D eigenvalue weighted by Crippen LogP contribution is -2.40. The van der Waals surface area contributed by atoms with Gasteiger partial charge in [-0.3, -0.25) is 14.6 Å². The summed E-state index contributed by atoms with van der Waals surface area (Å²) in [7, 11) is 0. The van der Waals surface area contributed by atoms with Crippen LogP contribution in [0.4, 0.5) is 5.82 Å². The van der Waals surface area contributed by atoms with Gasteiger partial charge in [-0.25, -0.2) is 9.97 Å². The summed E-state index contributed by atoms with van der Waals surface area (Å²) in [5, 5.41) is 8.95. The van der Waals surface area contributed by atoms with Gasteiger partial charge in [0.1, 0.15) is 12.1 Å². The van der Waals surface area contributed by atoms with Gasteiger partial charge in [-0.15, -0.1) is 0 Å². The molecule has 0 radical (unpaired) electrons. The van der Waals surface area contributed by atoms with Crippen LogP contribution in [0.2, 0.25) is 0 Å². The summed E-state index contributed by atoms with van der Waals surface area (Å²) in [6.45, 7) is 4.22. The molecule has 2 fully saturated rings. The first kappa shape index (κ1) is 17.6. The van der Waals surface area contributed by atoms with Gasteiger partial charge in [-0.2, -0.15) is 5.26 Å². The third kappa shape index (κ3) is 3.82. The van der Waals surface area contributed by atoms with Crippen LogP contribution >= 0.6 is 0 Å². The highest BCUT2D eigenvalue weighted by Crippen LogP contribution is 2.36. The molecular formula is C20H21N5O2. The van der Waals surface area contributed by atoms with E-state index < -0.39 is 0 Å². The maximum absolute atomic E-state index is 12.7. The quantitative estimate of drug-likeness (QED) is 0.824. The fraction of sp³-hybridized carbons (Fsp3) is 0.400. The smallest absolute Gasteiger partial charge is 0.228 e. The standard InChI is InChI=1S/C20H21N5O2/c21-10-16-1-3-17(4-2-16)11-24-7-8-27-14-20(12-24)9-19(26)25(13-20)18-5-6-22-15-23-18/h1-6,15H,7-9,11-14H2/t20-/m0/s1. The summed E-state index contributed by atoms with van der Waals surface area (Å²) in [4.78, 5) is 24.9. The molecule has 1 atom stereocenters. The van der Waals surface area contributed by atoms with Crippen molar-refractivity contribution in [2.75, 3.05) is 37.7 Å². The zero-order chi connectivity index (χ0) is 18.7. The van der Waals surface area contributed by atoms with E-state index >= 15 is 0 Å². The van der Waals surface area contributed by atoms with Crippen LogP contribution in [0.5, 0.6) is 0 Å². The Morgan fingerprint density at radius 3 is 2.81 bits per heavy atom. The Hall–Kier alpha value is -2.82. The van der Waals surface area contributed by atoms with Crippen LogP contribution in [0, 0.1) is 16.7 Å². The first-order valence-electron chi connectivity index (χ1n) is 9.03. The van der Waals surface area contributed by atoms with E-state index in [0.29, 0.717) is 37.6 Å². The molecule has 1 amide bonds. The van der Waals surface area contributed by atoms with Gasteiger partial charge in [0.25, 0.3) is 0 Å². The molecule has 7 heteroatoms. The summed E-state index contributed by atoms with van der Waals surface area (Å²) in [6.07, 6.45) is 3.58. The van der Waals surface area contributed by atoms with Gasteiger partial charge in [0, 0.05) is 44.2 Å². The molecule has 1 aromatic carbocycles. The third-order valence-corrected chi connectivity index (χ3v) is 5.17. The Morgan fingerprint density at radius 1 is 1.22 bits per heavy atom. The van der Waals surface area contributed by atoms with Gasteiger partial charge in [0.15, 0.2) is 0 Å². The van der Waals surface area contributed by atoms with E-state index in [1.165, 1.54) is 6.33 Å². The number of ether oxygens (including phenoxy) is 1. The highest BCUT2D eigenvalue weighted by Gasteiger charge is 2.46. The summed E-state index contributed by atoms with van der Waals surface area (Å²) in [6, 6.07) is 11.6. The van der Waals surface area contributed by atoms with Crippen LogP contribution in [-0.4, -0.2) is 53.6 Å². The average molecular weight is 363 g/mol. The van der Waals surface area contributed by atoms with Crippen LogP contribution in [0.25, 0.3) is 0 Å². The predicted octanol–water partition coefficient (Wildman–Crippen LogP) is 1.60. The van der Waals surface area contributed by atoms with E-state index in [9.17, 15) is 4.79 Å². The first-order chi connectivity index (χ1) is 13.2. The number of nitrogens with zero attached hydrogens (tertiary/aromatic N) is 5. The van der Waals surface area contributed by atoms with Gasteiger partial charge in [0.2, 0.25) is 5.91 Å². The number of hydrogen-bond acceptors (Lipinski definition) is 6. The number of anilines is 1. The van der Waals surface area contributed by atoms with Crippen molar-refractivity contribution in [3.05, 3.63) is 54.0 Å². The van der Waals surface area contributed by atoms with Crippen molar-refractivity contribution < 1.29 is 9.53 Å². The molecule has 4 rings (SSSR count). The molecule has 7 nitrogen and oxygen atoms in total. The summed E-state index contributed by atoms with van der Waals surface area (Å²) in [5.74, 6) is 0.729. The Balaban J connectivity index is 1.49. The molecular weight excluding hydrogens is 342 g/mol. The number of amides is 1. The molecule has 2 aliphatic rings. The molecule has 0 aliphatic carbocycles. The molecule has 0 N–H and O–H groups in total. The van der Waals surface area contributed by atoms with E-state index in [1.807, 2.05) is 24.3 Å². The Bertz CT molecular complexity index is 849. The number of carbonyl (C=O) groups excluding carboxylic acids is 1. The van der Waals surface area contributed by atoms with Crippen molar-refractivity contribution in [3.63, 3.8) is 0 Å². The van der Waals surface area contributed by atoms with Gasteiger partial charge in [0.05, 0.1) is 24.8 Å². The molecule has 0 bridgehead atoms. The minimum Gasteiger partial charge on any atom is -0.379 e. The van der Waals surface area contributed by atoms with Crippen molar-refractivity contribution in [3.8, 4) is 6.07 Å². The highest BCUT2D eigenvalue weighted by atomic mass is 16.5. The molecule has 2 saturated heterocycles. The summed E-state index contributed by atoms with van der Waals surface area (Å²) in [5.41, 5.74) is 1.59. The van der Waals surface area contributed by atoms with E-state index in [0.717, 1.165) is 25.2 Å². The summed E-state index contributed by atoms with van der Waals surface area (Å²) < 4.78 is 5.87. The van der Waals surface area contributed by atoms with Gasteiger partial charge < -0.3 is 4.74 Å². The minimum absolute atomic E-state index is 0.0810. The van der Waals surface area contributed by atoms with Gasteiger partial charge >= 0.3 is 0 Å². The van der Waals surface area contributed by atoms with Crippen LogP contribution in [0.3, 0.4) is 0 Å². The number of carbonyl (C=O) groups is 1. The predicted molar refractivity (Wildman–Crippen MR) is 98.7 cm³/mol. The van der Waals surface area contributed by atoms with E-state index in [-0.39, 0.29) is 11.3 Å². The zero-order valence-electron chi connectivity index (χ0n) is 15.0. The minimum atomic E-state index is -0.231. The lowest BCUT2D eigenvalue weighted by atomic mass is 9.87. The van der Waals surface area contributed by atoms with Gasteiger partial charge in [-0.1, -0.05) is 12.1 Å². The van der Waals surface area contributed by atoms with Crippen LogP contribution in [-0.2, 0) is 16.1 Å². The van der Waals surface area contributed by atoms with Crippen molar-refractivity contribution in [1.29, 1.82) is 5.26 Å². The van der Waals surface area contributed by atoms with Crippen LogP contribution in [0.1, 0.15) is 17.5 Å². The topological polar surface area (TPSA) is 82.4 Å². The number of hydrogen-bond donors (Lipinski definition) is 0. The largest absolute Gasteiger partial charge is 0.379 e. The monoisotopic (exact) mass is 363 g/mol. The zero-order valence-corrected chi connectivity index (χ0v) is 15.0. The Kier molecular flexibility index (Phi) is 4.84. The Morgan fingerprint density at radius 2 is 2.07 bits per heavy atom.